The fourth-order valence-corrected chi connectivity index (χ4v) is 2.65. The molecule has 0 aromatic heterocycles. The smallest absolute Gasteiger partial charge is 0.120 e. The van der Waals surface area contributed by atoms with E-state index in [0.717, 1.165) is 10.6 Å². The van der Waals surface area contributed by atoms with Crippen LogP contribution in [-0.2, 0) is 10.8 Å². The summed E-state index contributed by atoms with van der Waals surface area (Å²) in [6, 6.07) is 16.1. The summed E-state index contributed by atoms with van der Waals surface area (Å²) < 4.78 is 22.7. The molecular weight excluding hydrogens is 286 g/mol. The molecule has 4 nitrogen and oxygen atoms in total. The van der Waals surface area contributed by atoms with Gasteiger partial charge in [0.1, 0.15) is 18.1 Å². The van der Waals surface area contributed by atoms with E-state index in [9.17, 15) is 4.21 Å². The molecule has 0 spiro atoms. The lowest BCUT2D eigenvalue weighted by molar-refractivity contribution is 0.342. The van der Waals surface area contributed by atoms with Crippen molar-refractivity contribution < 1.29 is 13.7 Å². The Labute approximate surface area is 126 Å². The maximum atomic E-state index is 12.1. The Hall–Kier alpha value is -2.32. The van der Waals surface area contributed by atoms with Crippen LogP contribution >= 0.6 is 0 Å². The monoisotopic (exact) mass is 301 g/mol. The van der Waals surface area contributed by atoms with E-state index < -0.39 is 10.8 Å². The SMILES string of the molecule is COc1ccc(S(=O)CCOc2cccc(C#N)c2)cc1. The Bertz CT molecular complexity index is 662. The number of hydrogen-bond acceptors (Lipinski definition) is 4. The summed E-state index contributed by atoms with van der Waals surface area (Å²) in [6.07, 6.45) is 0. The maximum absolute atomic E-state index is 12.1. The Morgan fingerprint density at radius 1 is 1.14 bits per heavy atom. The zero-order valence-electron chi connectivity index (χ0n) is 11.6. The molecular formula is C16H15NO3S. The van der Waals surface area contributed by atoms with E-state index in [2.05, 4.69) is 6.07 Å². The Morgan fingerprint density at radius 2 is 1.90 bits per heavy atom. The minimum atomic E-state index is -1.12. The van der Waals surface area contributed by atoms with Crippen LogP contribution in [0.2, 0.25) is 0 Å². The summed E-state index contributed by atoms with van der Waals surface area (Å²) in [5.74, 6) is 1.74. The van der Waals surface area contributed by atoms with Crippen molar-refractivity contribution in [3.8, 4) is 17.6 Å². The number of nitrogens with zero attached hydrogens (tertiary/aromatic N) is 1. The number of rotatable bonds is 6. The van der Waals surface area contributed by atoms with Gasteiger partial charge in [-0.2, -0.15) is 5.26 Å². The van der Waals surface area contributed by atoms with Crippen molar-refractivity contribution in [3.05, 3.63) is 54.1 Å². The standard InChI is InChI=1S/C16H15NO3S/c1-19-14-5-7-16(8-6-14)21(18)10-9-20-15-4-2-3-13(11-15)12-17/h2-8,11H,9-10H2,1H3. The van der Waals surface area contributed by atoms with E-state index in [4.69, 9.17) is 14.7 Å². The molecule has 0 aliphatic rings. The summed E-state index contributed by atoms with van der Waals surface area (Å²) in [7, 11) is 0.472. The minimum absolute atomic E-state index is 0.327. The first-order chi connectivity index (χ1) is 10.2. The highest BCUT2D eigenvalue weighted by atomic mass is 32.2. The maximum Gasteiger partial charge on any atom is 0.120 e. The van der Waals surface area contributed by atoms with Gasteiger partial charge >= 0.3 is 0 Å². The van der Waals surface area contributed by atoms with E-state index in [-0.39, 0.29) is 0 Å². The molecule has 0 heterocycles. The Kier molecular flexibility index (Phi) is 5.35. The summed E-state index contributed by atoms with van der Waals surface area (Å²) >= 11 is 0. The van der Waals surface area contributed by atoms with Crippen molar-refractivity contribution >= 4 is 10.8 Å². The minimum Gasteiger partial charge on any atom is -0.497 e. The fourth-order valence-electron chi connectivity index (χ4n) is 1.74. The van der Waals surface area contributed by atoms with Gasteiger partial charge in [0.15, 0.2) is 0 Å². The van der Waals surface area contributed by atoms with E-state index in [1.807, 2.05) is 0 Å². The third-order valence-electron chi connectivity index (χ3n) is 2.82. The molecule has 0 N–H and O–H groups in total. The van der Waals surface area contributed by atoms with Crippen LogP contribution in [0.4, 0.5) is 0 Å². The van der Waals surface area contributed by atoms with Gasteiger partial charge in [-0.25, -0.2) is 0 Å². The second kappa shape index (κ2) is 7.46. The predicted molar refractivity (Wildman–Crippen MR) is 80.9 cm³/mol. The molecule has 1 unspecified atom stereocenters. The van der Waals surface area contributed by atoms with Gasteiger partial charge in [-0.1, -0.05) is 6.07 Å². The summed E-state index contributed by atoms with van der Waals surface area (Å²) in [6.45, 7) is 0.327. The van der Waals surface area contributed by atoms with Crippen molar-refractivity contribution in [1.82, 2.24) is 0 Å². The second-order valence-corrected chi connectivity index (χ2v) is 5.78. The number of benzene rings is 2. The molecule has 0 amide bonds. The van der Waals surface area contributed by atoms with Gasteiger partial charge in [0, 0.05) is 4.90 Å². The molecule has 0 aliphatic carbocycles. The average Bonchev–Trinajstić information content (AvgIpc) is 2.55. The van der Waals surface area contributed by atoms with Gasteiger partial charge in [-0.3, -0.25) is 4.21 Å². The molecule has 0 fully saturated rings. The average molecular weight is 301 g/mol. The highest BCUT2D eigenvalue weighted by molar-refractivity contribution is 7.85. The van der Waals surface area contributed by atoms with Crippen LogP contribution in [-0.4, -0.2) is 23.7 Å². The molecule has 2 rings (SSSR count). The van der Waals surface area contributed by atoms with Gasteiger partial charge in [0.05, 0.1) is 35.3 Å². The zero-order chi connectivity index (χ0) is 15.1. The lowest BCUT2D eigenvalue weighted by atomic mass is 10.2. The van der Waals surface area contributed by atoms with Gasteiger partial charge in [0.2, 0.25) is 0 Å². The highest BCUT2D eigenvalue weighted by Crippen LogP contribution is 2.15. The van der Waals surface area contributed by atoms with E-state index >= 15 is 0 Å². The van der Waals surface area contributed by atoms with Crippen LogP contribution in [0.25, 0.3) is 0 Å². The van der Waals surface area contributed by atoms with Crippen LogP contribution in [0.15, 0.2) is 53.4 Å². The lowest BCUT2D eigenvalue weighted by Crippen LogP contribution is -2.08. The molecule has 2 aromatic rings. The molecule has 5 heteroatoms. The van der Waals surface area contributed by atoms with Crippen molar-refractivity contribution in [2.45, 2.75) is 4.90 Å². The molecule has 2 aromatic carbocycles. The first-order valence-electron chi connectivity index (χ1n) is 6.38. The van der Waals surface area contributed by atoms with Gasteiger partial charge < -0.3 is 9.47 Å². The summed E-state index contributed by atoms with van der Waals surface area (Å²) in [5.41, 5.74) is 0.545. The summed E-state index contributed by atoms with van der Waals surface area (Å²) in [4.78, 5) is 0.741. The van der Waals surface area contributed by atoms with Crippen LogP contribution in [0.1, 0.15) is 5.56 Å². The summed E-state index contributed by atoms with van der Waals surface area (Å²) in [5, 5.41) is 8.80. The first kappa shape index (κ1) is 15.1. The quantitative estimate of drug-likeness (QED) is 0.823. The third kappa shape index (κ3) is 4.33. The molecule has 0 saturated carbocycles. The first-order valence-corrected chi connectivity index (χ1v) is 7.70. The molecule has 0 bridgehead atoms. The largest absolute Gasteiger partial charge is 0.497 e. The van der Waals surface area contributed by atoms with Crippen LogP contribution in [0.3, 0.4) is 0 Å². The number of nitriles is 1. The number of hydrogen-bond donors (Lipinski definition) is 0. The zero-order valence-corrected chi connectivity index (χ0v) is 12.4. The predicted octanol–water partition coefficient (Wildman–Crippen LogP) is 2.75. The third-order valence-corrected chi connectivity index (χ3v) is 4.16. The van der Waals surface area contributed by atoms with Crippen LogP contribution in [0.5, 0.6) is 11.5 Å². The second-order valence-electron chi connectivity index (χ2n) is 4.21. The van der Waals surface area contributed by atoms with E-state index in [1.165, 1.54) is 0 Å². The lowest BCUT2D eigenvalue weighted by Gasteiger charge is -2.07. The molecule has 21 heavy (non-hydrogen) atoms. The highest BCUT2D eigenvalue weighted by Gasteiger charge is 2.05. The van der Waals surface area contributed by atoms with Crippen molar-refractivity contribution in [3.63, 3.8) is 0 Å². The number of ether oxygens (including phenoxy) is 2. The van der Waals surface area contributed by atoms with E-state index in [0.29, 0.717) is 23.7 Å². The molecule has 0 saturated heterocycles. The topological polar surface area (TPSA) is 59.3 Å². The van der Waals surface area contributed by atoms with Crippen molar-refractivity contribution in [2.24, 2.45) is 0 Å². The van der Waals surface area contributed by atoms with Crippen LogP contribution in [0, 0.1) is 11.3 Å². The Morgan fingerprint density at radius 3 is 2.57 bits per heavy atom. The molecule has 1 atom stereocenters. The fraction of sp³-hybridized carbons (Fsp3) is 0.188. The normalized spacial score (nSPS) is 11.4. The van der Waals surface area contributed by atoms with Gasteiger partial charge in [-0.05, 0) is 42.5 Å². The van der Waals surface area contributed by atoms with Crippen molar-refractivity contribution in [1.29, 1.82) is 5.26 Å². The molecule has 108 valence electrons. The van der Waals surface area contributed by atoms with Crippen LogP contribution < -0.4 is 9.47 Å². The Balaban J connectivity index is 1.87. The molecule has 0 radical (unpaired) electrons. The van der Waals surface area contributed by atoms with Gasteiger partial charge in [0.25, 0.3) is 0 Å². The van der Waals surface area contributed by atoms with E-state index in [1.54, 1.807) is 55.6 Å². The number of methoxy groups -OCH3 is 1. The van der Waals surface area contributed by atoms with Crippen molar-refractivity contribution in [2.75, 3.05) is 19.5 Å². The van der Waals surface area contributed by atoms with Gasteiger partial charge in [-0.15, -0.1) is 0 Å². The molecule has 0 aliphatic heterocycles.